The second kappa shape index (κ2) is 10.4. The number of anilines is 1. The van der Waals surface area contributed by atoms with Gasteiger partial charge in [0.05, 0.1) is 28.8 Å². The second-order valence-corrected chi connectivity index (χ2v) is 8.53. The smallest absolute Gasteiger partial charge is 0.269 e. The molecule has 0 heterocycles. The zero-order valence-electron chi connectivity index (χ0n) is 17.5. The molecule has 1 N–H and O–H groups in total. The van der Waals surface area contributed by atoms with E-state index in [1.54, 1.807) is 30.3 Å². The summed E-state index contributed by atoms with van der Waals surface area (Å²) in [6, 6.07) is 19.6. The van der Waals surface area contributed by atoms with E-state index in [-0.39, 0.29) is 10.6 Å². The van der Waals surface area contributed by atoms with Crippen molar-refractivity contribution < 1.29 is 22.9 Å². The van der Waals surface area contributed by atoms with Crippen LogP contribution in [0.1, 0.15) is 5.56 Å². The maximum absolute atomic E-state index is 13.3. The maximum atomic E-state index is 13.3. The topological polar surface area (TPSA) is 131 Å². The number of amides is 1. The van der Waals surface area contributed by atoms with Crippen LogP contribution in [0.5, 0.6) is 5.75 Å². The zero-order chi connectivity index (χ0) is 23.8. The number of benzene rings is 3. The first-order valence-corrected chi connectivity index (χ1v) is 11.0. The third-order valence-electron chi connectivity index (χ3n) is 4.49. The Hall–Kier alpha value is -4.25. The molecule has 3 aromatic rings. The molecule has 0 aromatic heterocycles. The Morgan fingerprint density at radius 2 is 1.70 bits per heavy atom. The fraction of sp³-hybridized carbons (Fsp3) is 0.0909. The van der Waals surface area contributed by atoms with Gasteiger partial charge < -0.3 is 4.74 Å². The zero-order valence-corrected chi connectivity index (χ0v) is 18.3. The van der Waals surface area contributed by atoms with Crippen LogP contribution in [0.15, 0.2) is 88.9 Å². The average molecular weight is 468 g/mol. The van der Waals surface area contributed by atoms with Gasteiger partial charge in [-0.05, 0) is 54.1 Å². The van der Waals surface area contributed by atoms with E-state index < -0.39 is 27.4 Å². The molecule has 0 bridgehead atoms. The lowest BCUT2D eigenvalue weighted by Gasteiger charge is -2.23. The summed E-state index contributed by atoms with van der Waals surface area (Å²) in [6.45, 7) is -0.518. The Kier molecular flexibility index (Phi) is 7.36. The molecular formula is C22H20N4O6S. The molecule has 0 saturated carbocycles. The van der Waals surface area contributed by atoms with Crippen LogP contribution >= 0.6 is 0 Å². The molecule has 0 radical (unpaired) electrons. The molecule has 0 saturated heterocycles. The molecule has 1 amide bonds. The number of para-hydroxylation sites is 1. The number of sulfonamides is 1. The molecule has 0 fully saturated rings. The first kappa shape index (κ1) is 23.4. The molecule has 0 aliphatic carbocycles. The van der Waals surface area contributed by atoms with Gasteiger partial charge in [-0.25, -0.2) is 13.8 Å². The first-order chi connectivity index (χ1) is 15.8. The fourth-order valence-corrected chi connectivity index (χ4v) is 4.23. The number of ether oxygens (including phenoxy) is 1. The fourth-order valence-electron chi connectivity index (χ4n) is 2.81. The van der Waals surface area contributed by atoms with E-state index in [4.69, 9.17) is 4.74 Å². The lowest BCUT2D eigenvalue weighted by Crippen LogP contribution is -2.39. The molecule has 10 nitrogen and oxygen atoms in total. The molecule has 0 unspecified atom stereocenters. The number of methoxy groups -OCH3 is 1. The van der Waals surface area contributed by atoms with Gasteiger partial charge in [-0.3, -0.25) is 19.2 Å². The normalized spacial score (nSPS) is 11.2. The molecule has 0 spiro atoms. The minimum absolute atomic E-state index is 0.00525. The standard InChI is InChI=1S/C22H20N4O6S/c1-32-20-11-13-21(14-12-20)33(30,31)25(18-5-3-2-4-6-18)16-22(27)24-23-15-17-7-9-19(10-8-17)26(28)29/h2-15H,16H2,1H3,(H,24,27)/b23-15-. The summed E-state index contributed by atoms with van der Waals surface area (Å²) in [5.74, 6) is -0.173. The molecular weight excluding hydrogens is 448 g/mol. The summed E-state index contributed by atoms with van der Waals surface area (Å²) >= 11 is 0. The average Bonchev–Trinajstić information content (AvgIpc) is 2.83. The Bertz CT molecular complexity index is 1240. The van der Waals surface area contributed by atoms with E-state index in [2.05, 4.69) is 10.5 Å². The van der Waals surface area contributed by atoms with Gasteiger partial charge in [0.25, 0.3) is 21.6 Å². The van der Waals surface area contributed by atoms with E-state index in [1.165, 1.54) is 61.9 Å². The Morgan fingerprint density at radius 1 is 1.06 bits per heavy atom. The van der Waals surface area contributed by atoms with Crippen LogP contribution in [0.4, 0.5) is 11.4 Å². The number of carbonyl (C=O) groups is 1. The summed E-state index contributed by atoms with van der Waals surface area (Å²) in [5.41, 5.74) is 3.04. The van der Waals surface area contributed by atoms with Gasteiger partial charge >= 0.3 is 0 Å². The Balaban J connectivity index is 1.77. The van der Waals surface area contributed by atoms with Crippen LogP contribution in [0.3, 0.4) is 0 Å². The SMILES string of the molecule is COc1ccc(S(=O)(=O)N(CC(=O)N/N=C\c2ccc([N+](=O)[O-])cc2)c2ccccc2)cc1. The quantitative estimate of drug-likeness (QED) is 0.292. The van der Waals surface area contributed by atoms with Gasteiger partial charge in [-0.15, -0.1) is 0 Å². The molecule has 170 valence electrons. The number of nitrogens with one attached hydrogen (secondary N) is 1. The van der Waals surface area contributed by atoms with Crippen molar-refractivity contribution in [1.82, 2.24) is 5.43 Å². The van der Waals surface area contributed by atoms with Crippen molar-refractivity contribution in [2.45, 2.75) is 4.90 Å². The van der Waals surface area contributed by atoms with Crippen molar-refractivity contribution in [1.29, 1.82) is 0 Å². The van der Waals surface area contributed by atoms with E-state index in [1.807, 2.05) is 0 Å². The highest BCUT2D eigenvalue weighted by atomic mass is 32.2. The van der Waals surface area contributed by atoms with Crippen molar-refractivity contribution in [2.24, 2.45) is 5.10 Å². The van der Waals surface area contributed by atoms with Crippen molar-refractivity contribution >= 4 is 33.5 Å². The van der Waals surface area contributed by atoms with Crippen molar-refractivity contribution in [3.8, 4) is 5.75 Å². The molecule has 3 rings (SSSR count). The van der Waals surface area contributed by atoms with Crippen LogP contribution < -0.4 is 14.5 Å². The second-order valence-electron chi connectivity index (χ2n) is 6.66. The highest BCUT2D eigenvalue weighted by molar-refractivity contribution is 7.92. The van der Waals surface area contributed by atoms with Gasteiger partial charge in [-0.1, -0.05) is 18.2 Å². The van der Waals surface area contributed by atoms with Crippen molar-refractivity contribution in [3.05, 3.63) is 94.5 Å². The van der Waals surface area contributed by atoms with E-state index >= 15 is 0 Å². The van der Waals surface area contributed by atoms with E-state index in [9.17, 15) is 23.3 Å². The lowest BCUT2D eigenvalue weighted by molar-refractivity contribution is -0.384. The van der Waals surface area contributed by atoms with Crippen LogP contribution in [0.25, 0.3) is 0 Å². The Morgan fingerprint density at radius 3 is 2.27 bits per heavy atom. The third kappa shape index (κ3) is 5.92. The van der Waals surface area contributed by atoms with Crippen molar-refractivity contribution in [3.63, 3.8) is 0 Å². The number of nitro groups is 1. The van der Waals surface area contributed by atoms with Gasteiger partial charge in [0, 0.05) is 12.1 Å². The van der Waals surface area contributed by atoms with Gasteiger partial charge in [-0.2, -0.15) is 5.10 Å². The maximum Gasteiger partial charge on any atom is 0.269 e. The molecule has 0 aliphatic rings. The number of hydrogen-bond donors (Lipinski definition) is 1. The third-order valence-corrected chi connectivity index (χ3v) is 6.27. The monoisotopic (exact) mass is 468 g/mol. The largest absolute Gasteiger partial charge is 0.497 e. The van der Waals surface area contributed by atoms with Crippen LogP contribution in [0.2, 0.25) is 0 Å². The molecule has 11 heteroatoms. The molecule has 0 atom stereocenters. The highest BCUT2D eigenvalue weighted by Gasteiger charge is 2.27. The van der Waals surface area contributed by atoms with Gasteiger partial charge in [0.1, 0.15) is 12.3 Å². The van der Waals surface area contributed by atoms with Crippen LogP contribution in [-0.2, 0) is 14.8 Å². The number of carbonyl (C=O) groups excluding carboxylic acids is 1. The van der Waals surface area contributed by atoms with Crippen molar-refractivity contribution in [2.75, 3.05) is 18.0 Å². The van der Waals surface area contributed by atoms with Gasteiger partial charge in [0.15, 0.2) is 0 Å². The number of hydrogen-bond acceptors (Lipinski definition) is 7. The minimum atomic E-state index is -4.06. The van der Waals surface area contributed by atoms with Crippen LogP contribution in [-0.4, -0.2) is 39.1 Å². The molecule has 33 heavy (non-hydrogen) atoms. The Labute approximate surface area is 190 Å². The summed E-state index contributed by atoms with van der Waals surface area (Å²) < 4.78 is 32.6. The van der Waals surface area contributed by atoms with E-state index in [0.29, 0.717) is 17.0 Å². The molecule has 0 aliphatic heterocycles. The number of rotatable bonds is 9. The number of non-ortho nitro benzene ring substituents is 1. The highest BCUT2D eigenvalue weighted by Crippen LogP contribution is 2.24. The summed E-state index contributed by atoms with van der Waals surface area (Å²) in [5, 5.41) is 14.5. The summed E-state index contributed by atoms with van der Waals surface area (Å²) in [6.07, 6.45) is 1.30. The predicted molar refractivity (Wildman–Crippen MR) is 123 cm³/mol. The molecule has 3 aromatic carbocycles. The van der Waals surface area contributed by atoms with Gasteiger partial charge in [0.2, 0.25) is 0 Å². The predicted octanol–water partition coefficient (Wildman–Crippen LogP) is 2.95. The number of hydrazone groups is 1. The number of nitrogens with zero attached hydrogens (tertiary/aromatic N) is 3. The summed E-state index contributed by atoms with van der Waals surface area (Å²) in [7, 11) is -2.59. The van der Waals surface area contributed by atoms with Crippen LogP contribution in [0, 0.1) is 10.1 Å². The number of nitro benzene ring substituents is 1. The first-order valence-electron chi connectivity index (χ1n) is 9.59. The summed E-state index contributed by atoms with van der Waals surface area (Å²) in [4.78, 5) is 22.7. The van der Waals surface area contributed by atoms with E-state index in [0.717, 1.165) is 4.31 Å². The lowest BCUT2D eigenvalue weighted by atomic mass is 10.2. The minimum Gasteiger partial charge on any atom is -0.497 e.